The SMILES string of the molecule is CN(Cc1ccccc1)c1cc2c(C(F)(F)F)cc(=O)oc2cc1OCc1cccc(C(=O)N=N)n1. The lowest BCUT2D eigenvalue weighted by Gasteiger charge is -2.23. The van der Waals surface area contributed by atoms with Crippen molar-refractivity contribution in [2.75, 3.05) is 11.9 Å². The molecule has 0 atom stereocenters. The molecular formula is C25H19F3N4O4. The zero-order valence-corrected chi connectivity index (χ0v) is 18.9. The van der Waals surface area contributed by atoms with Crippen molar-refractivity contribution >= 4 is 22.6 Å². The molecule has 4 rings (SSSR count). The number of hydrogen-bond donors (Lipinski definition) is 1. The number of fused-ring (bicyclic) bond motifs is 1. The first-order valence-electron chi connectivity index (χ1n) is 10.6. The molecule has 184 valence electrons. The van der Waals surface area contributed by atoms with Gasteiger partial charge in [0.05, 0.1) is 16.9 Å². The molecule has 1 amide bonds. The first kappa shape index (κ1) is 24.6. The minimum atomic E-state index is -4.77. The molecule has 0 aliphatic carbocycles. The lowest BCUT2D eigenvalue weighted by molar-refractivity contribution is -0.136. The van der Waals surface area contributed by atoms with Crippen LogP contribution in [0.15, 0.2) is 81.1 Å². The monoisotopic (exact) mass is 496 g/mol. The summed E-state index contributed by atoms with van der Waals surface area (Å²) in [6.07, 6.45) is -4.77. The van der Waals surface area contributed by atoms with Gasteiger partial charge in [0.15, 0.2) is 0 Å². The Morgan fingerprint density at radius 1 is 1.11 bits per heavy atom. The van der Waals surface area contributed by atoms with Crippen molar-refractivity contribution in [2.24, 2.45) is 5.11 Å². The van der Waals surface area contributed by atoms with Crippen LogP contribution in [0.3, 0.4) is 0 Å². The van der Waals surface area contributed by atoms with Crippen LogP contribution >= 0.6 is 0 Å². The number of nitrogens with zero attached hydrogens (tertiary/aromatic N) is 3. The van der Waals surface area contributed by atoms with Gasteiger partial charge in [0.1, 0.15) is 23.6 Å². The van der Waals surface area contributed by atoms with Gasteiger partial charge in [0, 0.05) is 31.1 Å². The number of benzene rings is 2. The van der Waals surface area contributed by atoms with E-state index in [0.717, 1.165) is 5.56 Å². The molecule has 2 heterocycles. The maximum absolute atomic E-state index is 13.7. The standard InChI is InChI=1S/C25H19F3N4O4/c1-32(13-15-6-3-2-4-7-15)20-10-17-18(25(26,27)28)11-23(33)36-21(17)12-22(20)35-14-16-8-5-9-19(30-16)24(34)31-29/h2-12,29H,13-14H2,1H3. The Labute approximate surface area is 202 Å². The van der Waals surface area contributed by atoms with Crippen molar-refractivity contribution in [3.63, 3.8) is 0 Å². The first-order chi connectivity index (χ1) is 17.2. The molecule has 0 bridgehead atoms. The molecule has 0 saturated carbocycles. The fourth-order valence-electron chi connectivity index (χ4n) is 3.66. The Hall–Kier alpha value is -4.54. The summed E-state index contributed by atoms with van der Waals surface area (Å²) >= 11 is 0. The summed E-state index contributed by atoms with van der Waals surface area (Å²) < 4.78 is 52.0. The van der Waals surface area contributed by atoms with Crippen LogP contribution in [-0.4, -0.2) is 17.9 Å². The zero-order chi connectivity index (χ0) is 25.9. The Morgan fingerprint density at radius 2 is 1.86 bits per heavy atom. The molecule has 0 radical (unpaired) electrons. The Morgan fingerprint density at radius 3 is 2.56 bits per heavy atom. The number of halogens is 3. The fraction of sp³-hybridized carbons (Fsp3) is 0.160. The van der Waals surface area contributed by atoms with Crippen LogP contribution in [0.5, 0.6) is 5.75 Å². The van der Waals surface area contributed by atoms with Crippen molar-refractivity contribution in [1.29, 1.82) is 5.53 Å². The van der Waals surface area contributed by atoms with Crippen molar-refractivity contribution < 1.29 is 27.1 Å². The van der Waals surface area contributed by atoms with Crippen molar-refractivity contribution in [1.82, 2.24) is 4.98 Å². The van der Waals surface area contributed by atoms with Crippen LogP contribution in [0.25, 0.3) is 11.0 Å². The Balaban J connectivity index is 1.78. The van der Waals surface area contributed by atoms with Gasteiger partial charge in [-0.15, -0.1) is 5.11 Å². The number of rotatable bonds is 7. The van der Waals surface area contributed by atoms with E-state index in [-0.39, 0.29) is 29.0 Å². The van der Waals surface area contributed by atoms with Crippen LogP contribution in [0.4, 0.5) is 18.9 Å². The van der Waals surface area contributed by atoms with Gasteiger partial charge in [-0.25, -0.2) is 15.3 Å². The summed E-state index contributed by atoms with van der Waals surface area (Å²) in [5, 5.41) is 2.55. The van der Waals surface area contributed by atoms with E-state index in [1.54, 1.807) is 24.1 Å². The Bertz CT molecular complexity index is 1490. The van der Waals surface area contributed by atoms with Gasteiger partial charge in [-0.3, -0.25) is 4.79 Å². The van der Waals surface area contributed by atoms with E-state index >= 15 is 0 Å². The molecule has 0 aliphatic heterocycles. The number of anilines is 1. The highest BCUT2D eigenvalue weighted by molar-refractivity contribution is 5.92. The lowest BCUT2D eigenvalue weighted by atomic mass is 10.1. The summed E-state index contributed by atoms with van der Waals surface area (Å²) in [6, 6.07) is 16.7. The second-order valence-corrected chi connectivity index (χ2v) is 7.85. The molecule has 0 saturated heterocycles. The summed E-state index contributed by atoms with van der Waals surface area (Å²) in [4.78, 5) is 29.3. The predicted molar refractivity (Wildman–Crippen MR) is 124 cm³/mol. The molecule has 1 N–H and O–H groups in total. The molecule has 11 heteroatoms. The van der Waals surface area contributed by atoms with Gasteiger partial charge in [0.25, 0.3) is 0 Å². The molecule has 2 aromatic heterocycles. The number of ether oxygens (including phenoxy) is 1. The summed E-state index contributed by atoms with van der Waals surface area (Å²) in [7, 11) is 1.70. The largest absolute Gasteiger partial charge is 0.485 e. The second-order valence-electron chi connectivity index (χ2n) is 7.85. The van der Waals surface area contributed by atoms with Crippen LogP contribution in [-0.2, 0) is 19.3 Å². The highest BCUT2D eigenvalue weighted by Crippen LogP contribution is 2.39. The maximum Gasteiger partial charge on any atom is 0.417 e. The normalized spacial score (nSPS) is 11.3. The number of alkyl halides is 3. The number of nitrogens with one attached hydrogen (secondary N) is 1. The smallest absolute Gasteiger partial charge is 0.417 e. The first-order valence-corrected chi connectivity index (χ1v) is 10.6. The summed E-state index contributed by atoms with van der Waals surface area (Å²) in [5.74, 6) is -0.681. The zero-order valence-electron chi connectivity index (χ0n) is 18.9. The maximum atomic E-state index is 13.7. The van der Waals surface area contributed by atoms with E-state index < -0.39 is 23.3 Å². The highest BCUT2D eigenvalue weighted by atomic mass is 19.4. The molecule has 8 nitrogen and oxygen atoms in total. The van der Waals surface area contributed by atoms with E-state index in [1.165, 1.54) is 18.2 Å². The molecule has 0 fully saturated rings. The summed E-state index contributed by atoms with van der Waals surface area (Å²) in [6.45, 7) is 0.202. The van der Waals surface area contributed by atoms with Crippen LogP contribution in [0.1, 0.15) is 27.3 Å². The van der Waals surface area contributed by atoms with E-state index in [0.29, 0.717) is 24.0 Å². The number of carbonyl (C=O) groups excluding carboxylic acids is 1. The van der Waals surface area contributed by atoms with Crippen LogP contribution in [0, 0.1) is 5.53 Å². The summed E-state index contributed by atoms with van der Waals surface area (Å²) in [5.41, 5.74) is 5.83. The average Bonchev–Trinajstić information content (AvgIpc) is 2.86. The molecule has 4 aromatic rings. The molecular weight excluding hydrogens is 477 g/mol. The molecule has 2 aromatic carbocycles. The van der Waals surface area contributed by atoms with Gasteiger partial charge in [-0.2, -0.15) is 13.2 Å². The van der Waals surface area contributed by atoms with E-state index in [2.05, 4.69) is 10.1 Å². The predicted octanol–water partition coefficient (Wildman–Crippen LogP) is 5.59. The van der Waals surface area contributed by atoms with Gasteiger partial charge < -0.3 is 14.1 Å². The fourth-order valence-corrected chi connectivity index (χ4v) is 3.66. The topological polar surface area (TPSA) is 109 Å². The average molecular weight is 496 g/mol. The van der Waals surface area contributed by atoms with Crippen LogP contribution in [0.2, 0.25) is 0 Å². The van der Waals surface area contributed by atoms with Gasteiger partial charge in [0.2, 0.25) is 0 Å². The third-order valence-electron chi connectivity index (χ3n) is 5.31. The number of amides is 1. The number of hydrogen-bond acceptors (Lipinski definition) is 7. The third-order valence-corrected chi connectivity index (χ3v) is 5.31. The van der Waals surface area contributed by atoms with Gasteiger partial charge in [-0.1, -0.05) is 36.4 Å². The van der Waals surface area contributed by atoms with Crippen molar-refractivity contribution in [3.8, 4) is 5.75 Å². The van der Waals surface area contributed by atoms with Crippen molar-refractivity contribution in [2.45, 2.75) is 19.3 Å². The van der Waals surface area contributed by atoms with E-state index in [9.17, 15) is 22.8 Å². The molecule has 0 unspecified atom stereocenters. The van der Waals surface area contributed by atoms with E-state index in [4.69, 9.17) is 14.7 Å². The Kier molecular flexibility index (Phi) is 6.82. The minimum absolute atomic E-state index is 0.0492. The number of aromatic nitrogens is 1. The minimum Gasteiger partial charge on any atom is -0.485 e. The molecule has 0 spiro atoms. The number of carbonyl (C=O) groups is 1. The third kappa shape index (κ3) is 5.40. The number of pyridine rings is 1. The van der Waals surface area contributed by atoms with Gasteiger partial charge in [-0.05, 0) is 23.8 Å². The van der Waals surface area contributed by atoms with Crippen molar-refractivity contribution in [3.05, 3.63) is 99.7 Å². The quantitative estimate of drug-likeness (QED) is 0.264. The second kappa shape index (κ2) is 9.98. The van der Waals surface area contributed by atoms with Gasteiger partial charge >= 0.3 is 17.7 Å². The van der Waals surface area contributed by atoms with Crippen LogP contribution < -0.4 is 15.3 Å². The van der Waals surface area contributed by atoms with E-state index in [1.807, 2.05) is 30.3 Å². The highest BCUT2D eigenvalue weighted by Gasteiger charge is 2.34. The molecule has 0 aliphatic rings. The lowest BCUT2D eigenvalue weighted by Crippen LogP contribution is -2.18. The molecule has 36 heavy (non-hydrogen) atoms.